The molecule has 74 valence electrons. The summed E-state index contributed by atoms with van der Waals surface area (Å²) in [5.41, 5.74) is 2.64. The Hall–Kier alpha value is -1.24. The minimum atomic E-state index is 1.00. The zero-order chi connectivity index (χ0) is 9.80. The van der Waals surface area contributed by atoms with Crippen molar-refractivity contribution in [1.29, 1.82) is 0 Å². The Labute approximate surface area is 86.1 Å². The van der Waals surface area contributed by atoms with Crippen LogP contribution in [0.2, 0.25) is 0 Å². The van der Waals surface area contributed by atoms with Crippen LogP contribution in [0.5, 0.6) is 0 Å². The van der Waals surface area contributed by atoms with Gasteiger partial charge in [-0.15, -0.1) is 0 Å². The lowest BCUT2D eigenvalue weighted by molar-refractivity contribution is 0.418. The van der Waals surface area contributed by atoms with Crippen LogP contribution in [-0.2, 0) is 6.42 Å². The van der Waals surface area contributed by atoms with E-state index in [4.69, 9.17) is 0 Å². The van der Waals surface area contributed by atoms with Crippen molar-refractivity contribution in [3.05, 3.63) is 48.2 Å². The fourth-order valence-corrected chi connectivity index (χ4v) is 1.98. The standard InChI is InChI=1S/C13H17N/c1-12(14-9-5-6-10-14)11-13-7-3-2-4-8-13/h2-4,7-8H,1,5-6,9-11H2. The smallest absolute Gasteiger partial charge is 0.0175 e. The summed E-state index contributed by atoms with van der Waals surface area (Å²) >= 11 is 0. The van der Waals surface area contributed by atoms with Crippen LogP contribution in [0.3, 0.4) is 0 Å². The van der Waals surface area contributed by atoms with Crippen LogP contribution in [0.15, 0.2) is 42.6 Å². The van der Waals surface area contributed by atoms with Crippen molar-refractivity contribution in [3.63, 3.8) is 0 Å². The molecule has 0 spiro atoms. The minimum Gasteiger partial charge on any atom is -0.375 e. The summed E-state index contributed by atoms with van der Waals surface area (Å²) < 4.78 is 0. The van der Waals surface area contributed by atoms with Crippen LogP contribution in [0.4, 0.5) is 0 Å². The van der Waals surface area contributed by atoms with Crippen molar-refractivity contribution in [1.82, 2.24) is 4.90 Å². The molecule has 0 saturated carbocycles. The number of hydrogen-bond donors (Lipinski definition) is 0. The van der Waals surface area contributed by atoms with E-state index in [1.54, 1.807) is 0 Å². The van der Waals surface area contributed by atoms with E-state index < -0.39 is 0 Å². The third-order valence-electron chi connectivity index (χ3n) is 2.80. The van der Waals surface area contributed by atoms with Gasteiger partial charge in [0.25, 0.3) is 0 Å². The first kappa shape index (κ1) is 9.32. The molecule has 0 atom stereocenters. The van der Waals surface area contributed by atoms with Crippen molar-refractivity contribution in [2.45, 2.75) is 19.3 Å². The SMILES string of the molecule is C=C(Cc1ccccc1)N1CCCC1. The van der Waals surface area contributed by atoms with E-state index in [0.717, 1.165) is 6.42 Å². The summed E-state index contributed by atoms with van der Waals surface area (Å²) in [6.07, 6.45) is 3.66. The highest BCUT2D eigenvalue weighted by molar-refractivity contribution is 5.20. The molecular weight excluding hydrogens is 170 g/mol. The predicted octanol–water partition coefficient (Wildman–Crippen LogP) is 2.84. The molecule has 1 saturated heterocycles. The van der Waals surface area contributed by atoms with Gasteiger partial charge in [0.2, 0.25) is 0 Å². The molecule has 1 aliphatic rings. The first-order chi connectivity index (χ1) is 6.86. The van der Waals surface area contributed by atoms with Crippen LogP contribution >= 0.6 is 0 Å². The van der Waals surface area contributed by atoms with Crippen molar-refractivity contribution in [2.24, 2.45) is 0 Å². The van der Waals surface area contributed by atoms with Gasteiger partial charge in [-0.05, 0) is 18.4 Å². The number of likely N-dealkylation sites (tertiary alicyclic amines) is 1. The van der Waals surface area contributed by atoms with E-state index >= 15 is 0 Å². The first-order valence-corrected chi connectivity index (χ1v) is 5.33. The topological polar surface area (TPSA) is 3.24 Å². The third kappa shape index (κ3) is 2.16. The van der Waals surface area contributed by atoms with Crippen LogP contribution in [0.25, 0.3) is 0 Å². The number of benzene rings is 1. The molecule has 2 rings (SSSR count). The number of rotatable bonds is 3. The Bertz CT molecular complexity index is 296. The van der Waals surface area contributed by atoms with Gasteiger partial charge in [0.15, 0.2) is 0 Å². The molecule has 1 aliphatic heterocycles. The van der Waals surface area contributed by atoms with Gasteiger partial charge in [0.05, 0.1) is 0 Å². The highest BCUT2D eigenvalue weighted by Gasteiger charge is 2.12. The second kappa shape index (κ2) is 4.32. The molecule has 1 fully saturated rings. The molecule has 1 heteroatoms. The Morgan fingerprint density at radius 1 is 1.14 bits per heavy atom. The average molecular weight is 187 g/mol. The maximum absolute atomic E-state index is 4.16. The van der Waals surface area contributed by atoms with E-state index in [-0.39, 0.29) is 0 Å². The van der Waals surface area contributed by atoms with Gasteiger partial charge in [-0.3, -0.25) is 0 Å². The summed E-state index contributed by atoms with van der Waals surface area (Å²) in [6, 6.07) is 10.6. The quantitative estimate of drug-likeness (QED) is 0.703. The van der Waals surface area contributed by atoms with Crippen molar-refractivity contribution < 1.29 is 0 Å². The molecule has 0 N–H and O–H groups in total. The highest BCUT2D eigenvalue weighted by atomic mass is 15.1. The minimum absolute atomic E-state index is 1.00. The van der Waals surface area contributed by atoms with Gasteiger partial charge >= 0.3 is 0 Å². The maximum Gasteiger partial charge on any atom is 0.0175 e. The monoisotopic (exact) mass is 187 g/mol. The van der Waals surface area contributed by atoms with Gasteiger partial charge in [-0.1, -0.05) is 36.9 Å². The van der Waals surface area contributed by atoms with Crippen molar-refractivity contribution >= 4 is 0 Å². The lowest BCUT2D eigenvalue weighted by Gasteiger charge is -2.20. The van der Waals surface area contributed by atoms with Gasteiger partial charge in [0, 0.05) is 25.2 Å². The fraction of sp³-hybridized carbons (Fsp3) is 0.385. The molecule has 0 radical (unpaired) electrons. The van der Waals surface area contributed by atoms with Gasteiger partial charge in [-0.25, -0.2) is 0 Å². The van der Waals surface area contributed by atoms with Crippen LogP contribution < -0.4 is 0 Å². The molecule has 0 unspecified atom stereocenters. The molecule has 1 aromatic rings. The zero-order valence-electron chi connectivity index (χ0n) is 8.58. The molecule has 0 bridgehead atoms. The van der Waals surface area contributed by atoms with E-state index in [9.17, 15) is 0 Å². The zero-order valence-corrected chi connectivity index (χ0v) is 8.58. The molecule has 1 heterocycles. The predicted molar refractivity (Wildman–Crippen MR) is 60.1 cm³/mol. The molecule has 0 aliphatic carbocycles. The normalized spacial score (nSPS) is 15.9. The summed E-state index contributed by atoms with van der Waals surface area (Å²) in [4.78, 5) is 2.41. The summed E-state index contributed by atoms with van der Waals surface area (Å²) in [7, 11) is 0. The second-order valence-electron chi connectivity index (χ2n) is 3.92. The largest absolute Gasteiger partial charge is 0.375 e. The summed E-state index contributed by atoms with van der Waals surface area (Å²) in [5.74, 6) is 0. The highest BCUT2D eigenvalue weighted by Crippen LogP contribution is 2.16. The van der Waals surface area contributed by atoms with Crippen LogP contribution in [0, 0.1) is 0 Å². The van der Waals surface area contributed by atoms with Crippen LogP contribution in [-0.4, -0.2) is 18.0 Å². The Kier molecular flexibility index (Phi) is 2.87. The van der Waals surface area contributed by atoms with Crippen molar-refractivity contribution in [2.75, 3.05) is 13.1 Å². The molecule has 1 aromatic carbocycles. The second-order valence-corrected chi connectivity index (χ2v) is 3.92. The maximum atomic E-state index is 4.16. The lowest BCUT2D eigenvalue weighted by atomic mass is 10.1. The first-order valence-electron chi connectivity index (χ1n) is 5.33. The average Bonchev–Trinajstić information content (AvgIpc) is 2.72. The Morgan fingerprint density at radius 2 is 1.79 bits per heavy atom. The molecule has 1 nitrogen and oxygen atoms in total. The van der Waals surface area contributed by atoms with Gasteiger partial charge in [0.1, 0.15) is 0 Å². The molecule has 0 amide bonds. The van der Waals surface area contributed by atoms with Gasteiger partial charge < -0.3 is 4.90 Å². The van der Waals surface area contributed by atoms with Crippen molar-refractivity contribution in [3.8, 4) is 0 Å². The number of allylic oxidation sites excluding steroid dienone is 1. The summed E-state index contributed by atoms with van der Waals surface area (Å²) in [6.45, 7) is 6.56. The van der Waals surface area contributed by atoms with Crippen LogP contribution in [0.1, 0.15) is 18.4 Å². The molecule has 0 aromatic heterocycles. The Morgan fingerprint density at radius 3 is 2.43 bits per heavy atom. The molecule has 14 heavy (non-hydrogen) atoms. The van der Waals surface area contributed by atoms with E-state index in [1.807, 2.05) is 0 Å². The van der Waals surface area contributed by atoms with E-state index in [2.05, 4.69) is 41.8 Å². The third-order valence-corrected chi connectivity index (χ3v) is 2.80. The molecular formula is C13H17N. The van der Waals surface area contributed by atoms with E-state index in [1.165, 1.54) is 37.2 Å². The summed E-state index contributed by atoms with van der Waals surface area (Å²) in [5, 5.41) is 0. The fourth-order valence-electron chi connectivity index (χ4n) is 1.98. The number of hydrogen-bond acceptors (Lipinski definition) is 1. The van der Waals surface area contributed by atoms with E-state index in [0.29, 0.717) is 0 Å². The Balaban J connectivity index is 1.94. The number of nitrogens with zero attached hydrogens (tertiary/aromatic N) is 1. The lowest BCUT2D eigenvalue weighted by Crippen LogP contribution is -2.19. The van der Waals surface area contributed by atoms with Gasteiger partial charge in [-0.2, -0.15) is 0 Å².